The lowest BCUT2D eigenvalue weighted by Crippen LogP contribution is -2.17. The number of hydrogen-bond donors (Lipinski definition) is 2. The van der Waals surface area contributed by atoms with E-state index in [9.17, 15) is 4.79 Å². The molecule has 0 amide bonds. The fraction of sp³-hybridized carbons (Fsp3) is 0.357. The van der Waals surface area contributed by atoms with Gasteiger partial charge >= 0.3 is 0 Å². The van der Waals surface area contributed by atoms with Gasteiger partial charge in [0.1, 0.15) is 5.75 Å². The monoisotopic (exact) mass is 244 g/mol. The first-order valence-corrected chi connectivity index (χ1v) is 6.20. The molecule has 0 saturated carbocycles. The van der Waals surface area contributed by atoms with Crippen molar-refractivity contribution >= 4 is 16.7 Å². The van der Waals surface area contributed by atoms with Gasteiger partial charge in [-0.1, -0.05) is 6.07 Å². The average molecular weight is 244 g/mol. The van der Waals surface area contributed by atoms with Crippen LogP contribution in [0, 0.1) is 5.92 Å². The number of aromatic nitrogens is 1. The van der Waals surface area contributed by atoms with Crippen molar-refractivity contribution in [2.24, 2.45) is 5.92 Å². The second kappa shape index (κ2) is 4.46. The molecule has 1 aliphatic rings. The van der Waals surface area contributed by atoms with Crippen LogP contribution >= 0.6 is 0 Å². The van der Waals surface area contributed by atoms with Gasteiger partial charge in [-0.15, -0.1) is 0 Å². The van der Waals surface area contributed by atoms with Crippen LogP contribution in [-0.2, 0) is 0 Å². The number of benzene rings is 1. The van der Waals surface area contributed by atoms with Gasteiger partial charge in [0.25, 0.3) is 0 Å². The third-order valence-corrected chi connectivity index (χ3v) is 3.58. The molecule has 1 fully saturated rings. The van der Waals surface area contributed by atoms with Crippen molar-refractivity contribution in [1.82, 2.24) is 10.3 Å². The number of Topliss-reactive ketones (excluding diaryl/α,β-unsaturated/α-hetero) is 1. The van der Waals surface area contributed by atoms with Crippen molar-refractivity contribution in [3.05, 3.63) is 30.0 Å². The fourth-order valence-electron chi connectivity index (χ4n) is 2.61. The van der Waals surface area contributed by atoms with E-state index in [0.717, 1.165) is 41.7 Å². The van der Waals surface area contributed by atoms with Crippen molar-refractivity contribution in [2.75, 3.05) is 20.2 Å². The summed E-state index contributed by atoms with van der Waals surface area (Å²) in [7, 11) is 1.63. The molecule has 1 unspecified atom stereocenters. The Hall–Kier alpha value is -1.81. The summed E-state index contributed by atoms with van der Waals surface area (Å²) >= 11 is 0. The normalized spacial score (nSPS) is 19.3. The molecule has 0 radical (unpaired) electrons. The highest BCUT2D eigenvalue weighted by Gasteiger charge is 2.26. The molecule has 1 aliphatic heterocycles. The van der Waals surface area contributed by atoms with Gasteiger partial charge in [-0.25, -0.2) is 0 Å². The van der Waals surface area contributed by atoms with Crippen LogP contribution in [0.25, 0.3) is 10.9 Å². The van der Waals surface area contributed by atoms with Crippen LogP contribution in [0.5, 0.6) is 5.75 Å². The number of aromatic amines is 1. The first-order chi connectivity index (χ1) is 8.81. The van der Waals surface area contributed by atoms with E-state index < -0.39 is 0 Å². The zero-order chi connectivity index (χ0) is 12.5. The number of rotatable bonds is 3. The number of ether oxygens (including phenoxy) is 1. The number of carbonyl (C=O) groups excluding carboxylic acids is 1. The van der Waals surface area contributed by atoms with E-state index in [1.54, 1.807) is 13.3 Å². The number of H-pyrrole nitrogens is 1. The molecule has 0 aliphatic carbocycles. The van der Waals surface area contributed by atoms with E-state index >= 15 is 0 Å². The Morgan fingerprint density at radius 2 is 2.33 bits per heavy atom. The Kier molecular flexibility index (Phi) is 2.80. The SMILES string of the molecule is COc1cccc2[nH]cc(C(=O)C3CCNC3)c12. The van der Waals surface area contributed by atoms with Crippen LogP contribution in [0.15, 0.2) is 24.4 Å². The number of carbonyl (C=O) groups is 1. The van der Waals surface area contributed by atoms with E-state index in [1.807, 2.05) is 18.2 Å². The van der Waals surface area contributed by atoms with Crippen LogP contribution in [-0.4, -0.2) is 31.0 Å². The van der Waals surface area contributed by atoms with Gasteiger partial charge in [-0.3, -0.25) is 4.79 Å². The lowest BCUT2D eigenvalue weighted by molar-refractivity contribution is 0.0932. The predicted octanol–water partition coefficient (Wildman–Crippen LogP) is 1.97. The fourth-order valence-corrected chi connectivity index (χ4v) is 2.61. The molecule has 94 valence electrons. The maximum Gasteiger partial charge on any atom is 0.169 e. The molecular weight excluding hydrogens is 228 g/mol. The first-order valence-electron chi connectivity index (χ1n) is 6.20. The standard InChI is InChI=1S/C14H16N2O2/c1-18-12-4-2-3-11-13(12)10(8-16-11)14(17)9-5-6-15-7-9/h2-4,8-9,15-16H,5-7H2,1H3. The molecule has 1 aromatic heterocycles. The van der Waals surface area contributed by atoms with Crippen molar-refractivity contribution in [2.45, 2.75) is 6.42 Å². The summed E-state index contributed by atoms with van der Waals surface area (Å²) in [5.74, 6) is 1.05. The van der Waals surface area contributed by atoms with Crippen LogP contribution in [0.1, 0.15) is 16.8 Å². The van der Waals surface area contributed by atoms with Gasteiger partial charge in [0, 0.05) is 29.7 Å². The van der Waals surface area contributed by atoms with Gasteiger partial charge in [0.05, 0.1) is 12.5 Å². The van der Waals surface area contributed by atoms with Crippen LogP contribution in [0.4, 0.5) is 0 Å². The summed E-state index contributed by atoms with van der Waals surface area (Å²) in [6.07, 6.45) is 2.72. The quantitative estimate of drug-likeness (QED) is 0.812. The molecule has 1 aromatic carbocycles. The lowest BCUT2D eigenvalue weighted by atomic mass is 9.96. The van der Waals surface area contributed by atoms with E-state index in [0.29, 0.717) is 0 Å². The Labute approximate surface area is 105 Å². The van der Waals surface area contributed by atoms with Gasteiger partial charge in [-0.05, 0) is 25.1 Å². The second-order valence-electron chi connectivity index (χ2n) is 4.64. The predicted molar refractivity (Wildman–Crippen MR) is 70.2 cm³/mol. The van der Waals surface area contributed by atoms with Crippen LogP contribution < -0.4 is 10.1 Å². The Morgan fingerprint density at radius 3 is 3.06 bits per heavy atom. The van der Waals surface area contributed by atoms with Gasteiger partial charge in [0.2, 0.25) is 0 Å². The van der Waals surface area contributed by atoms with Crippen molar-refractivity contribution in [3.63, 3.8) is 0 Å². The molecule has 0 spiro atoms. The smallest absolute Gasteiger partial charge is 0.169 e. The topological polar surface area (TPSA) is 54.1 Å². The molecular formula is C14H16N2O2. The molecule has 18 heavy (non-hydrogen) atoms. The molecule has 4 nitrogen and oxygen atoms in total. The molecule has 1 atom stereocenters. The number of fused-ring (bicyclic) bond motifs is 1. The number of methoxy groups -OCH3 is 1. The van der Waals surface area contributed by atoms with Gasteiger partial charge in [-0.2, -0.15) is 0 Å². The first kappa shape index (κ1) is 11.3. The van der Waals surface area contributed by atoms with E-state index in [2.05, 4.69) is 10.3 Å². The minimum Gasteiger partial charge on any atom is -0.496 e. The highest BCUT2D eigenvalue weighted by molar-refractivity contribution is 6.11. The van der Waals surface area contributed by atoms with Crippen LogP contribution in [0.3, 0.4) is 0 Å². The highest BCUT2D eigenvalue weighted by Crippen LogP contribution is 2.30. The second-order valence-corrected chi connectivity index (χ2v) is 4.64. The minimum atomic E-state index is 0.0916. The third kappa shape index (κ3) is 1.69. The number of nitrogens with one attached hydrogen (secondary N) is 2. The molecule has 2 N–H and O–H groups in total. The molecule has 0 bridgehead atoms. The summed E-state index contributed by atoms with van der Waals surface area (Å²) < 4.78 is 5.35. The lowest BCUT2D eigenvalue weighted by Gasteiger charge is -2.08. The third-order valence-electron chi connectivity index (χ3n) is 3.58. The highest BCUT2D eigenvalue weighted by atomic mass is 16.5. The number of ketones is 1. The Bertz CT molecular complexity index is 582. The summed E-state index contributed by atoms with van der Waals surface area (Å²) in [5, 5.41) is 4.13. The Balaban J connectivity index is 2.08. The maximum atomic E-state index is 12.5. The van der Waals surface area contributed by atoms with Crippen molar-refractivity contribution in [1.29, 1.82) is 0 Å². The number of hydrogen-bond acceptors (Lipinski definition) is 3. The zero-order valence-corrected chi connectivity index (χ0v) is 10.3. The van der Waals surface area contributed by atoms with E-state index in [4.69, 9.17) is 4.74 Å². The largest absolute Gasteiger partial charge is 0.496 e. The van der Waals surface area contributed by atoms with E-state index in [-0.39, 0.29) is 11.7 Å². The van der Waals surface area contributed by atoms with E-state index in [1.165, 1.54) is 0 Å². The molecule has 3 rings (SSSR count). The summed E-state index contributed by atoms with van der Waals surface area (Å²) in [6, 6.07) is 5.77. The average Bonchev–Trinajstić information content (AvgIpc) is 3.06. The van der Waals surface area contributed by atoms with Crippen molar-refractivity contribution < 1.29 is 9.53 Å². The maximum absolute atomic E-state index is 12.5. The zero-order valence-electron chi connectivity index (χ0n) is 10.3. The Morgan fingerprint density at radius 1 is 1.44 bits per heavy atom. The summed E-state index contributed by atoms with van der Waals surface area (Å²) in [4.78, 5) is 15.6. The molecule has 2 aromatic rings. The molecule has 4 heteroatoms. The minimum absolute atomic E-state index is 0.0916. The summed E-state index contributed by atoms with van der Waals surface area (Å²) in [6.45, 7) is 1.70. The summed E-state index contributed by atoms with van der Waals surface area (Å²) in [5.41, 5.74) is 1.69. The van der Waals surface area contributed by atoms with Gasteiger partial charge in [0.15, 0.2) is 5.78 Å². The van der Waals surface area contributed by atoms with Gasteiger partial charge < -0.3 is 15.0 Å². The van der Waals surface area contributed by atoms with Crippen molar-refractivity contribution in [3.8, 4) is 5.75 Å². The molecule has 2 heterocycles. The molecule has 1 saturated heterocycles. The van der Waals surface area contributed by atoms with Crippen LogP contribution in [0.2, 0.25) is 0 Å².